The number of carboxylic acids is 1. The molecule has 0 heterocycles. The Morgan fingerprint density at radius 1 is 0.935 bits per heavy atom. The number of halogens is 3. The molecule has 0 aliphatic heterocycles. The van der Waals surface area contributed by atoms with Crippen molar-refractivity contribution in [1.29, 1.82) is 0 Å². The first-order valence-corrected chi connectivity index (χ1v) is 8.71. The molecule has 0 aliphatic rings. The molecule has 0 aliphatic carbocycles. The van der Waals surface area contributed by atoms with Crippen LogP contribution >= 0.6 is 0 Å². The van der Waals surface area contributed by atoms with Gasteiger partial charge in [-0.1, -0.05) is 0 Å². The zero-order chi connectivity index (χ0) is 24.6. The summed E-state index contributed by atoms with van der Waals surface area (Å²) in [6, 6.07) is -1.58. The lowest BCUT2D eigenvalue weighted by atomic mass is 10.2. The number of nitrogens with two attached hydrogens (primary N) is 1. The predicted octanol–water partition coefficient (Wildman–Crippen LogP) is -1.35. The molecule has 12 nitrogen and oxygen atoms in total. The van der Waals surface area contributed by atoms with Crippen molar-refractivity contribution in [3.8, 4) is 0 Å². The summed E-state index contributed by atoms with van der Waals surface area (Å²) in [5.74, 6) is -6.21. The average molecular weight is 459 g/mol. The van der Waals surface area contributed by atoms with Gasteiger partial charge in [-0.05, 0) is 13.8 Å². The van der Waals surface area contributed by atoms with Crippen LogP contribution in [0.2, 0.25) is 0 Å². The highest BCUT2D eigenvalue weighted by Crippen LogP contribution is 2.13. The molecule has 15 heteroatoms. The van der Waals surface area contributed by atoms with E-state index in [-0.39, 0.29) is 39.1 Å². The summed E-state index contributed by atoms with van der Waals surface area (Å²) in [6.45, 7) is 2.68. The van der Waals surface area contributed by atoms with E-state index >= 15 is 0 Å². The van der Waals surface area contributed by atoms with E-state index in [4.69, 9.17) is 25.1 Å². The lowest BCUT2D eigenvalue weighted by molar-refractivity contribution is -0.192. The average Bonchev–Trinajstić information content (AvgIpc) is 2.68. The molecule has 0 radical (unpaired) electrons. The second kappa shape index (κ2) is 15.6. The number of carbonyl (C=O) groups is 6. The number of ketones is 1. The molecule has 0 atom stereocenters. The van der Waals surface area contributed by atoms with E-state index in [1.165, 1.54) is 0 Å². The first kappa shape index (κ1) is 30.0. The number of alkyl halides is 3. The quantitative estimate of drug-likeness (QED) is 0.212. The highest BCUT2D eigenvalue weighted by atomic mass is 19.4. The number of aliphatic carboxylic acids is 1. The van der Waals surface area contributed by atoms with Gasteiger partial charge in [0.25, 0.3) is 0 Å². The number of carbonyl (C=O) groups excluding carboxylic acids is 5. The van der Waals surface area contributed by atoms with Crippen LogP contribution in [0.3, 0.4) is 0 Å². The van der Waals surface area contributed by atoms with E-state index in [2.05, 4.69) is 10.6 Å². The third-order valence-corrected chi connectivity index (χ3v) is 2.89. The largest absolute Gasteiger partial charge is 0.490 e. The fourth-order valence-corrected chi connectivity index (χ4v) is 1.51. The number of ether oxygens (including phenoxy) is 2. The van der Waals surface area contributed by atoms with E-state index in [1.807, 2.05) is 0 Å². The van der Waals surface area contributed by atoms with Gasteiger partial charge in [0.15, 0.2) is 5.78 Å². The molecule has 0 bridgehead atoms. The first-order valence-electron chi connectivity index (χ1n) is 8.71. The van der Waals surface area contributed by atoms with Crippen LogP contribution in [0, 0.1) is 0 Å². The van der Waals surface area contributed by atoms with Crippen LogP contribution in [0.4, 0.5) is 13.2 Å². The Balaban J connectivity index is 0. The molecule has 5 N–H and O–H groups in total. The second-order valence-electron chi connectivity index (χ2n) is 5.33. The van der Waals surface area contributed by atoms with Gasteiger partial charge in [-0.3, -0.25) is 14.4 Å². The van der Waals surface area contributed by atoms with Crippen molar-refractivity contribution < 1.29 is 56.5 Å². The van der Waals surface area contributed by atoms with Gasteiger partial charge < -0.3 is 30.9 Å². The maximum Gasteiger partial charge on any atom is 0.490 e. The number of nitrogens with one attached hydrogen (secondary N) is 2. The van der Waals surface area contributed by atoms with Crippen LogP contribution in [0.5, 0.6) is 0 Å². The number of esters is 2. The van der Waals surface area contributed by atoms with Crippen molar-refractivity contribution in [3.05, 3.63) is 0 Å². The highest BCUT2D eigenvalue weighted by molar-refractivity contribution is 6.02. The van der Waals surface area contributed by atoms with Gasteiger partial charge in [-0.25, -0.2) is 14.4 Å². The summed E-state index contributed by atoms with van der Waals surface area (Å²) >= 11 is 0. The second-order valence-corrected chi connectivity index (χ2v) is 5.33. The molecule has 0 unspecified atom stereocenters. The van der Waals surface area contributed by atoms with Gasteiger partial charge in [-0.15, -0.1) is 0 Å². The number of amides is 2. The first-order chi connectivity index (χ1) is 14.3. The van der Waals surface area contributed by atoms with Crippen molar-refractivity contribution >= 4 is 35.5 Å². The van der Waals surface area contributed by atoms with Crippen molar-refractivity contribution in [2.75, 3.05) is 26.3 Å². The molecule has 0 saturated carbocycles. The number of hydrogen-bond donors (Lipinski definition) is 4. The van der Waals surface area contributed by atoms with Crippen molar-refractivity contribution in [1.82, 2.24) is 10.6 Å². The Morgan fingerprint density at radius 3 is 1.74 bits per heavy atom. The Labute approximate surface area is 174 Å². The predicted molar refractivity (Wildman–Crippen MR) is 95.2 cm³/mol. The molecule has 0 spiro atoms. The van der Waals surface area contributed by atoms with E-state index in [1.54, 1.807) is 13.8 Å². The topological polar surface area (TPSA) is 191 Å². The van der Waals surface area contributed by atoms with E-state index in [0.717, 1.165) is 0 Å². The van der Waals surface area contributed by atoms with Gasteiger partial charge in [-0.2, -0.15) is 13.2 Å². The highest BCUT2D eigenvalue weighted by Gasteiger charge is 2.38. The molecule has 0 rings (SSSR count). The summed E-state index contributed by atoms with van der Waals surface area (Å²) in [5.41, 5.74) is 5.07. The minimum Gasteiger partial charge on any atom is -0.475 e. The minimum absolute atomic E-state index is 0.0317. The molecule has 0 fully saturated rings. The number of Topliss-reactive ketones (excluding diaryl/α,β-unsaturated/α-hetero) is 1. The van der Waals surface area contributed by atoms with Crippen LogP contribution in [0.15, 0.2) is 0 Å². The summed E-state index contributed by atoms with van der Waals surface area (Å²) in [4.78, 5) is 66.4. The van der Waals surface area contributed by atoms with E-state index in [9.17, 15) is 37.1 Å². The maximum atomic E-state index is 11.8. The van der Waals surface area contributed by atoms with Gasteiger partial charge in [0.2, 0.25) is 17.9 Å². The molecule has 0 saturated heterocycles. The van der Waals surface area contributed by atoms with Gasteiger partial charge >= 0.3 is 24.1 Å². The lowest BCUT2D eigenvalue weighted by Crippen LogP contribution is -2.48. The molecule has 0 aromatic rings. The van der Waals surface area contributed by atoms with Crippen LogP contribution in [-0.4, -0.2) is 79.1 Å². The minimum atomic E-state index is -5.08. The van der Waals surface area contributed by atoms with Crippen molar-refractivity contribution in [2.45, 2.75) is 38.9 Å². The number of hydrogen-bond acceptors (Lipinski definition) is 9. The van der Waals surface area contributed by atoms with Crippen LogP contribution in [0.1, 0.15) is 26.7 Å². The molecule has 2 amide bonds. The van der Waals surface area contributed by atoms with Crippen molar-refractivity contribution in [2.24, 2.45) is 5.73 Å². The smallest absolute Gasteiger partial charge is 0.475 e. The van der Waals surface area contributed by atoms with Crippen molar-refractivity contribution in [3.63, 3.8) is 0 Å². The van der Waals surface area contributed by atoms with Gasteiger partial charge in [0, 0.05) is 12.8 Å². The van der Waals surface area contributed by atoms with E-state index < -0.39 is 47.7 Å². The summed E-state index contributed by atoms with van der Waals surface area (Å²) in [6.07, 6.45) is -5.51. The summed E-state index contributed by atoms with van der Waals surface area (Å²) < 4.78 is 41.1. The number of rotatable bonds is 11. The molecule has 31 heavy (non-hydrogen) atoms. The third kappa shape index (κ3) is 15.3. The zero-order valence-electron chi connectivity index (χ0n) is 16.7. The summed E-state index contributed by atoms with van der Waals surface area (Å²) in [7, 11) is 0. The van der Waals surface area contributed by atoms with Gasteiger partial charge in [0.05, 0.1) is 26.3 Å². The van der Waals surface area contributed by atoms with Crippen LogP contribution in [0.25, 0.3) is 0 Å². The summed E-state index contributed by atoms with van der Waals surface area (Å²) in [5, 5.41) is 11.6. The Hall–Kier alpha value is -3.23. The SMILES string of the molecule is CCOC(=O)C(NC(=O)CCC(=O)CNC(=O)CN)C(=O)OCC.O=C(O)C(F)(F)F. The molecule has 0 aromatic heterocycles. The molecule has 178 valence electrons. The molecule has 0 aromatic carbocycles. The molecular formula is C16H24F3N3O9. The fraction of sp³-hybridized carbons (Fsp3) is 0.625. The Morgan fingerprint density at radius 2 is 1.39 bits per heavy atom. The fourth-order valence-electron chi connectivity index (χ4n) is 1.51. The monoisotopic (exact) mass is 459 g/mol. The van der Waals surface area contributed by atoms with E-state index in [0.29, 0.717) is 0 Å². The Bertz CT molecular complexity index is 636. The normalized spacial score (nSPS) is 10.3. The number of carboxylic acid groups (broad SMARTS) is 1. The Kier molecular flexibility index (Phi) is 15.1. The zero-order valence-corrected chi connectivity index (χ0v) is 16.7. The van der Waals surface area contributed by atoms with Crippen LogP contribution in [-0.2, 0) is 38.2 Å². The van der Waals surface area contributed by atoms with Crippen LogP contribution < -0.4 is 16.4 Å². The molecular weight excluding hydrogens is 435 g/mol. The standard InChI is InChI=1S/C14H23N3O7.C2HF3O2/c1-3-23-13(21)12(14(22)24-4-2)17-10(19)6-5-9(18)8-16-11(20)7-15;3-2(4,5)1(6)7/h12H,3-8,15H2,1-2H3,(H,16,20)(H,17,19);(H,6,7). The maximum absolute atomic E-state index is 11.8. The third-order valence-electron chi connectivity index (χ3n) is 2.89. The lowest BCUT2D eigenvalue weighted by Gasteiger charge is -2.15. The van der Waals surface area contributed by atoms with Gasteiger partial charge in [0.1, 0.15) is 0 Å².